The molecule has 3 aromatic rings. The number of benzene rings is 2. The highest BCUT2D eigenvalue weighted by Crippen LogP contribution is 2.46. The fourth-order valence-corrected chi connectivity index (χ4v) is 5.56. The Kier molecular flexibility index (Phi) is 8.54. The first-order valence-corrected chi connectivity index (χ1v) is 14.8. The highest BCUT2D eigenvalue weighted by atomic mass is 16.6. The molecule has 10 nitrogen and oxygen atoms in total. The summed E-state index contributed by atoms with van der Waals surface area (Å²) in [5.74, 6) is -0.0360. The van der Waals surface area contributed by atoms with Crippen LogP contribution in [-0.2, 0) is 19.1 Å². The minimum absolute atomic E-state index is 0.102. The summed E-state index contributed by atoms with van der Waals surface area (Å²) in [5, 5.41) is 3.65. The zero-order valence-corrected chi connectivity index (χ0v) is 25.8. The Labute approximate surface area is 257 Å². The lowest BCUT2D eigenvalue weighted by Crippen LogP contribution is -2.53. The minimum Gasteiger partial charge on any atom is -0.497 e. The summed E-state index contributed by atoms with van der Waals surface area (Å²) in [6, 6.07) is 16.2. The smallest absolute Gasteiger partial charge is 0.411 e. The number of hydrogen-bond acceptors (Lipinski definition) is 8. The molecule has 1 saturated carbocycles. The highest BCUT2D eigenvalue weighted by molar-refractivity contribution is 5.95. The van der Waals surface area contributed by atoms with E-state index in [1.807, 2.05) is 54.6 Å². The molecule has 0 unspecified atom stereocenters. The van der Waals surface area contributed by atoms with Gasteiger partial charge in [0.2, 0.25) is 5.91 Å². The van der Waals surface area contributed by atoms with Gasteiger partial charge in [0.1, 0.15) is 34.8 Å². The number of nitrogens with one attached hydrogen (secondary N) is 1. The number of carbonyl (C=O) groups is 3. The molecule has 4 atom stereocenters. The van der Waals surface area contributed by atoms with Crippen LogP contribution in [-0.4, -0.2) is 71.4 Å². The molecule has 232 valence electrons. The summed E-state index contributed by atoms with van der Waals surface area (Å²) in [5.41, 5.74) is 0.319. The van der Waals surface area contributed by atoms with Gasteiger partial charge >= 0.3 is 12.1 Å². The van der Waals surface area contributed by atoms with Crippen molar-refractivity contribution in [1.82, 2.24) is 15.2 Å². The predicted octanol–water partition coefficient (Wildman–Crippen LogP) is 5.29. The second-order valence-corrected chi connectivity index (χ2v) is 12.1. The SMILES string of the molecule is C=C[C@H]1C[C@@]1(NC(=O)[C@H]1C[C@@H](Oc2cc(-c3ccccc3)nc3cc(OC)ccc23)CN1C(=O)OC(C)(C)C)C(=O)OCC. The number of likely N-dealkylation sites (tertiary alicyclic amines) is 1. The maximum absolute atomic E-state index is 13.8. The molecule has 1 aliphatic carbocycles. The number of amides is 2. The Bertz CT molecular complexity index is 1570. The molecule has 44 heavy (non-hydrogen) atoms. The summed E-state index contributed by atoms with van der Waals surface area (Å²) in [6.07, 6.45) is 1.01. The van der Waals surface area contributed by atoms with E-state index < -0.39 is 41.3 Å². The van der Waals surface area contributed by atoms with Crippen LogP contribution < -0.4 is 14.8 Å². The quantitative estimate of drug-likeness (QED) is 0.260. The van der Waals surface area contributed by atoms with Gasteiger partial charge in [-0.25, -0.2) is 14.6 Å². The lowest BCUT2D eigenvalue weighted by Gasteiger charge is -2.28. The van der Waals surface area contributed by atoms with Crippen molar-refractivity contribution < 1.29 is 33.3 Å². The first kappa shape index (κ1) is 30.8. The van der Waals surface area contributed by atoms with Crippen LogP contribution in [0.15, 0.2) is 67.3 Å². The van der Waals surface area contributed by atoms with Crippen LogP contribution in [0.5, 0.6) is 11.5 Å². The van der Waals surface area contributed by atoms with Gasteiger partial charge in [0.15, 0.2) is 0 Å². The lowest BCUT2D eigenvalue weighted by atomic mass is 10.1. The van der Waals surface area contributed by atoms with E-state index in [9.17, 15) is 14.4 Å². The maximum atomic E-state index is 13.8. The number of esters is 1. The van der Waals surface area contributed by atoms with Gasteiger partial charge in [-0.05, 0) is 46.2 Å². The number of rotatable bonds is 9. The van der Waals surface area contributed by atoms with Gasteiger partial charge in [0.05, 0.1) is 31.5 Å². The number of methoxy groups -OCH3 is 1. The first-order valence-electron chi connectivity index (χ1n) is 14.8. The first-order chi connectivity index (χ1) is 21.0. The van der Waals surface area contributed by atoms with Crippen LogP contribution >= 0.6 is 0 Å². The van der Waals surface area contributed by atoms with Gasteiger partial charge < -0.3 is 24.3 Å². The van der Waals surface area contributed by atoms with Gasteiger partial charge in [-0.15, -0.1) is 6.58 Å². The second kappa shape index (κ2) is 12.2. The maximum Gasteiger partial charge on any atom is 0.411 e. The van der Waals surface area contributed by atoms with E-state index in [1.165, 1.54) is 4.90 Å². The van der Waals surface area contributed by atoms with Crippen LogP contribution in [0, 0.1) is 5.92 Å². The molecule has 0 spiro atoms. The average molecular weight is 602 g/mol. The fourth-order valence-electron chi connectivity index (χ4n) is 5.56. The van der Waals surface area contributed by atoms with Crippen molar-refractivity contribution in [2.45, 2.75) is 63.8 Å². The van der Waals surface area contributed by atoms with E-state index in [0.717, 1.165) is 10.9 Å². The molecule has 1 aromatic heterocycles. The molecule has 2 heterocycles. The molecular formula is C34H39N3O7. The molecule has 2 amide bonds. The van der Waals surface area contributed by atoms with E-state index in [2.05, 4.69) is 11.9 Å². The van der Waals surface area contributed by atoms with Crippen LogP contribution in [0.3, 0.4) is 0 Å². The van der Waals surface area contributed by atoms with Crippen molar-refractivity contribution in [2.24, 2.45) is 5.92 Å². The van der Waals surface area contributed by atoms with E-state index in [0.29, 0.717) is 29.1 Å². The van der Waals surface area contributed by atoms with Crippen molar-refractivity contribution in [2.75, 3.05) is 20.3 Å². The van der Waals surface area contributed by atoms with Crippen LogP contribution in [0.2, 0.25) is 0 Å². The van der Waals surface area contributed by atoms with Crippen molar-refractivity contribution >= 4 is 28.9 Å². The molecule has 1 N–H and O–H groups in total. The number of hydrogen-bond donors (Lipinski definition) is 1. The minimum atomic E-state index is -1.20. The third-order valence-corrected chi connectivity index (χ3v) is 7.82. The van der Waals surface area contributed by atoms with Crippen molar-refractivity contribution in [3.63, 3.8) is 0 Å². The number of pyridine rings is 1. The van der Waals surface area contributed by atoms with Crippen molar-refractivity contribution in [3.05, 3.63) is 67.3 Å². The number of carbonyl (C=O) groups excluding carboxylic acids is 3. The average Bonchev–Trinajstić information content (AvgIpc) is 3.55. The summed E-state index contributed by atoms with van der Waals surface area (Å²) < 4.78 is 22.9. The Balaban J connectivity index is 1.46. The van der Waals surface area contributed by atoms with E-state index in [1.54, 1.807) is 40.9 Å². The van der Waals surface area contributed by atoms with E-state index in [4.69, 9.17) is 23.9 Å². The zero-order valence-electron chi connectivity index (χ0n) is 25.8. The number of aromatic nitrogens is 1. The van der Waals surface area contributed by atoms with Crippen LogP contribution in [0.4, 0.5) is 4.79 Å². The van der Waals surface area contributed by atoms with E-state index in [-0.39, 0.29) is 25.5 Å². The standard InChI is InChI=1S/C34H39N3O7/c1-7-22-19-34(22,31(39)42-8-2)36-30(38)28-17-24(20-37(28)32(40)44-33(3,4)5)43-29-18-26(21-12-10-9-11-13-21)35-27-16-23(41-6)14-15-25(27)29/h7,9-16,18,22,24,28H,1,8,17,19-20H2,2-6H3,(H,36,38)/t22-,24+,28+,34-/m0/s1. The third-order valence-electron chi connectivity index (χ3n) is 7.82. The number of nitrogens with zero attached hydrogens (tertiary/aromatic N) is 2. The number of fused-ring (bicyclic) bond motifs is 1. The van der Waals surface area contributed by atoms with Crippen molar-refractivity contribution in [1.29, 1.82) is 0 Å². The van der Waals surface area contributed by atoms with Gasteiger partial charge in [-0.3, -0.25) is 9.69 Å². The normalized spacial score (nSPS) is 22.7. The monoisotopic (exact) mass is 601 g/mol. The van der Waals surface area contributed by atoms with Crippen LogP contribution in [0.1, 0.15) is 40.5 Å². The van der Waals surface area contributed by atoms with Gasteiger partial charge in [0.25, 0.3) is 0 Å². The Morgan fingerprint density at radius 1 is 1.14 bits per heavy atom. The molecular weight excluding hydrogens is 562 g/mol. The zero-order chi connectivity index (χ0) is 31.6. The second-order valence-electron chi connectivity index (χ2n) is 12.1. The molecule has 0 radical (unpaired) electrons. The van der Waals surface area contributed by atoms with Crippen molar-refractivity contribution in [3.8, 4) is 22.8 Å². The number of ether oxygens (including phenoxy) is 4. The topological polar surface area (TPSA) is 116 Å². The Morgan fingerprint density at radius 3 is 2.52 bits per heavy atom. The molecule has 2 aromatic carbocycles. The molecule has 1 aliphatic heterocycles. The molecule has 2 fully saturated rings. The summed E-state index contributed by atoms with van der Waals surface area (Å²) in [6.45, 7) is 11.1. The molecule has 1 saturated heterocycles. The predicted molar refractivity (Wildman–Crippen MR) is 165 cm³/mol. The highest BCUT2D eigenvalue weighted by Gasteiger charge is 2.62. The van der Waals surface area contributed by atoms with Gasteiger partial charge in [0, 0.05) is 35.4 Å². The van der Waals surface area contributed by atoms with Crippen LogP contribution in [0.25, 0.3) is 22.2 Å². The Morgan fingerprint density at radius 2 is 1.89 bits per heavy atom. The molecule has 10 heteroatoms. The molecule has 2 aliphatic rings. The van der Waals surface area contributed by atoms with E-state index >= 15 is 0 Å². The summed E-state index contributed by atoms with van der Waals surface area (Å²) in [7, 11) is 1.60. The van der Waals surface area contributed by atoms with Gasteiger partial charge in [-0.1, -0.05) is 36.4 Å². The molecule has 5 rings (SSSR count). The Hall–Kier alpha value is -4.60. The summed E-state index contributed by atoms with van der Waals surface area (Å²) >= 11 is 0. The third kappa shape index (κ3) is 6.34. The fraction of sp³-hybridized carbons (Fsp3) is 0.412. The summed E-state index contributed by atoms with van der Waals surface area (Å²) in [4.78, 5) is 46.2. The molecule has 0 bridgehead atoms. The lowest BCUT2D eigenvalue weighted by molar-refractivity contribution is -0.149. The van der Waals surface area contributed by atoms with Gasteiger partial charge in [-0.2, -0.15) is 0 Å². The largest absolute Gasteiger partial charge is 0.497 e.